The van der Waals surface area contributed by atoms with Gasteiger partial charge in [-0.2, -0.15) is 0 Å². The number of hydrogen-bond donors (Lipinski definition) is 0. The maximum Gasteiger partial charge on any atom is 0.106 e. The molecule has 1 aliphatic rings. The lowest BCUT2D eigenvalue weighted by atomic mass is 10.1. The first-order valence-corrected chi connectivity index (χ1v) is 4.60. The molecule has 0 atom stereocenters. The summed E-state index contributed by atoms with van der Waals surface area (Å²) >= 11 is 0. The van der Waals surface area contributed by atoms with Crippen molar-refractivity contribution >= 4 is 23.2 Å². The molecule has 0 spiro atoms. The molecule has 1 aliphatic heterocycles. The lowest BCUT2D eigenvalue weighted by molar-refractivity contribution is 0.346. The van der Waals surface area contributed by atoms with Crippen LogP contribution in [0, 0.1) is 0 Å². The summed E-state index contributed by atoms with van der Waals surface area (Å²) in [5.41, 5.74) is 1.02. The minimum Gasteiger partial charge on any atom is -0.496 e. The molecule has 0 saturated carbocycles. The second-order valence-electron chi connectivity index (χ2n) is 3.33. The molecule has 0 amide bonds. The summed E-state index contributed by atoms with van der Waals surface area (Å²) in [4.78, 5) is 4.30. The maximum atomic E-state index is 5.24. The minimum absolute atomic E-state index is 0.665. The summed E-state index contributed by atoms with van der Waals surface area (Å²) < 4.78 is 5.24. The van der Waals surface area contributed by atoms with E-state index in [1.54, 1.807) is 6.26 Å². The number of rotatable bonds is 0. The van der Waals surface area contributed by atoms with Gasteiger partial charge in [-0.15, -0.1) is 0 Å². The van der Waals surface area contributed by atoms with Crippen molar-refractivity contribution < 1.29 is 4.74 Å². The van der Waals surface area contributed by atoms with E-state index < -0.39 is 0 Å². The van der Waals surface area contributed by atoms with E-state index in [0.29, 0.717) is 6.61 Å². The summed E-state index contributed by atoms with van der Waals surface area (Å²) in [5, 5.41) is 3.53. The van der Waals surface area contributed by atoms with Gasteiger partial charge in [-0.25, -0.2) is 0 Å². The zero-order valence-electron chi connectivity index (χ0n) is 7.60. The van der Waals surface area contributed by atoms with Crippen LogP contribution in [0.1, 0.15) is 0 Å². The summed E-state index contributed by atoms with van der Waals surface area (Å²) in [6.45, 7) is 0.665. The van der Waals surface area contributed by atoms with Crippen LogP contribution in [0.3, 0.4) is 0 Å². The Labute approximate surface area is 81.2 Å². The average Bonchev–Trinajstić information content (AvgIpc) is 2.26. The molecular formula is C12H9NO. The van der Waals surface area contributed by atoms with Crippen molar-refractivity contribution in [3.05, 3.63) is 40.9 Å². The summed E-state index contributed by atoms with van der Waals surface area (Å²) in [6, 6.07) is 8.24. The molecule has 1 aromatic carbocycles. The first kappa shape index (κ1) is 7.56. The fraction of sp³-hybridized carbons (Fsp3) is 0.0833. The van der Waals surface area contributed by atoms with Crippen molar-refractivity contribution in [1.29, 1.82) is 0 Å². The fourth-order valence-corrected chi connectivity index (χ4v) is 1.71. The molecule has 1 aromatic heterocycles. The molecule has 0 saturated heterocycles. The Kier molecular flexibility index (Phi) is 1.53. The SMILES string of the molecule is C1=c2cc3cccnc3cc2=COC1. The summed E-state index contributed by atoms with van der Waals surface area (Å²) in [5.74, 6) is 0. The lowest BCUT2D eigenvalue weighted by Crippen LogP contribution is -2.28. The Balaban J connectivity index is 2.51. The van der Waals surface area contributed by atoms with E-state index in [1.807, 2.05) is 12.3 Å². The molecule has 0 N–H and O–H groups in total. The fourth-order valence-electron chi connectivity index (χ4n) is 1.71. The molecule has 14 heavy (non-hydrogen) atoms. The highest BCUT2D eigenvalue weighted by Crippen LogP contribution is 2.04. The summed E-state index contributed by atoms with van der Waals surface area (Å²) in [6.07, 6.45) is 5.69. The number of fused-ring (bicyclic) bond motifs is 2. The number of aromatic nitrogens is 1. The van der Waals surface area contributed by atoms with Crippen molar-refractivity contribution in [3.8, 4) is 0 Å². The standard InChI is InChI=1S/C12H9NO/c1-2-10-6-9-3-5-14-8-11(9)7-12(10)13-4-1/h1-4,6-8H,5H2. The van der Waals surface area contributed by atoms with Gasteiger partial charge < -0.3 is 4.74 Å². The van der Waals surface area contributed by atoms with Crippen LogP contribution in [0.15, 0.2) is 30.5 Å². The Morgan fingerprint density at radius 1 is 1.21 bits per heavy atom. The highest BCUT2D eigenvalue weighted by Gasteiger charge is 1.97. The second-order valence-corrected chi connectivity index (χ2v) is 3.33. The molecule has 0 radical (unpaired) electrons. The van der Waals surface area contributed by atoms with E-state index in [9.17, 15) is 0 Å². The van der Waals surface area contributed by atoms with Gasteiger partial charge in [0, 0.05) is 16.8 Å². The van der Waals surface area contributed by atoms with Crippen LogP contribution in [0.5, 0.6) is 0 Å². The average molecular weight is 183 g/mol. The number of benzene rings is 1. The monoisotopic (exact) mass is 183 g/mol. The molecule has 2 heterocycles. The second kappa shape index (κ2) is 2.84. The molecular weight excluding hydrogens is 174 g/mol. The zero-order valence-corrected chi connectivity index (χ0v) is 7.60. The van der Waals surface area contributed by atoms with E-state index in [0.717, 1.165) is 10.7 Å². The Morgan fingerprint density at radius 3 is 3.21 bits per heavy atom. The largest absolute Gasteiger partial charge is 0.496 e. The van der Waals surface area contributed by atoms with E-state index in [2.05, 4.69) is 29.3 Å². The number of pyridine rings is 1. The third-order valence-electron chi connectivity index (χ3n) is 2.42. The van der Waals surface area contributed by atoms with Crippen LogP contribution in [-0.2, 0) is 4.74 Å². The van der Waals surface area contributed by atoms with E-state index in [1.165, 1.54) is 10.6 Å². The number of nitrogens with zero attached hydrogens (tertiary/aromatic N) is 1. The molecule has 3 rings (SSSR count). The summed E-state index contributed by atoms with van der Waals surface area (Å²) in [7, 11) is 0. The number of hydrogen-bond acceptors (Lipinski definition) is 2. The molecule has 0 fully saturated rings. The van der Waals surface area contributed by atoms with E-state index in [-0.39, 0.29) is 0 Å². The Hall–Kier alpha value is -1.83. The van der Waals surface area contributed by atoms with Crippen molar-refractivity contribution in [3.63, 3.8) is 0 Å². The zero-order chi connectivity index (χ0) is 9.38. The van der Waals surface area contributed by atoms with Crippen molar-refractivity contribution in [2.24, 2.45) is 0 Å². The van der Waals surface area contributed by atoms with Gasteiger partial charge in [0.15, 0.2) is 0 Å². The molecule has 0 aliphatic carbocycles. The van der Waals surface area contributed by atoms with Gasteiger partial charge in [0.1, 0.15) is 6.61 Å². The lowest BCUT2D eigenvalue weighted by Gasteiger charge is -2.03. The van der Waals surface area contributed by atoms with Gasteiger partial charge in [0.2, 0.25) is 0 Å². The van der Waals surface area contributed by atoms with Gasteiger partial charge >= 0.3 is 0 Å². The van der Waals surface area contributed by atoms with Gasteiger partial charge in [-0.3, -0.25) is 4.98 Å². The number of ether oxygens (including phenoxy) is 1. The molecule has 2 heteroatoms. The smallest absolute Gasteiger partial charge is 0.106 e. The van der Waals surface area contributed by atoms with Crippen LogP contribution >= 0.6 is 0 Å². The van der Waals surface area contributed by atoms with Crippen LogP contribution in [-0.4, -0.2) is 11.6 Å². The van der Waals surface area contributed by atoms with Gasteiger partial charge in [-0.1, -0.05) is 6.07 Å². The predicted molar refractivity (Wildman–Crippen MR) is 55.9 cm³/mol. The Morgan fingerprint density at radius 2 is 2.21 bits per heavy atom. The molecule has 2 nitrogen and oxygen atoms in total. The first-order valence-electron chi connectivity index (χ1n) is 4.60. The van der Waals surface area contributed by atoms with Gasteiger partial charge in [0.05, 0.1) is 11.8 Å². The molecule has 0 unspecified atom stereocenters. The topological polar surface area (TPSA) is 22.1 Å². The van der Waals surface area contributed by atoms with Crippen LogP contribution in [0.25, 0.3) is 23.2 Å². The van der Waals surface area contributed by atoms with Crippen molar-refractivity contribution in [2.45, 2.75) is 0 Å². The van der Waals surface area contributed by atoms with Crippen molar-refractivity contribution in [1.82, 2.24) is 4.98 Å². The van der Waals surface area contributed by atoms with E-state index >= 15 is 0 Å². The van der Waals surface area contributed by atoms with Crippen LogP contribution in [0.4, 0.5) is 0 Å². The quantitative estimate of drug-likeness (QED) is 0.602. The van der Waals surface area contributed by atoms with Crippen molar-refractivity contribution in [2.75, 3.05) is 6.61 Å². The molecule has 2 aromatic rings. The third kappa shape index (κ3) is 1.08. The maximum absolute atomic E-state index is 5.24. The van der Waals surface area contributed by atoms with Gasteiger partial charge in [-0.05, 0) is 29.5 Å². The first-order chi connectivity index (χ1) is 6.93. The molecule has 0 bridgehead atoms. The van der Waals surface area contributed by atoms with Crippen LogP contribution in [0.2, 0.25) is 0 Å². The normalized spacial score (nSPS) is 13.7. The predicted octanol–water partition coefficient (Wildman–Crippen LogP) is 0.783. The third-order valence-corrected chi connectivity index (χ3v) is 2.42. The Bertz CT molecular complexity index is 547. The highest BCUT2D eigenvalue weighted by atomic mass is 16.5. The van der Waals surface area contributed by atoms with Gasteiger partial charge in [0.25, 0.3) is 0 Å². The minimum atomic E-state index is 0.665. The highest BCUT2D eigenvalue weighted by molar-refractivity contribution is 5.78. The van der Waals surface area contributed by atoms with Crippen LogP contribution < -0.4 is 10.4 Å². The molecule has 68 valence electrons. The van der Waals surface area contributed by atoms with E-state index in [4.69, 9.17) is 4.74 Å².